The number of amides is 1. The third-order valence-electron chi connectivity index (χ3n) is 7.31. The highest BCUT2D eigenvalue weighted by Crippen LogP contribution is 2.33. The van der Waals surface area contributed by atoms with Crippen LogP contribution in [0.15, 0.2) is 24.3 Å². The van der Waals surface area contributed by atoms with Crippen LogP contribution in [0.25, 0.3) is 11.0 Å². The molecular formula is C31H40BrN5O5. The van der Waals surface area contributed by atoms with Gasteiger partial charge in [-0.2, -0.15) is 0 Å². The number of imidazole rings is 1. The zero-order chi connectivity index (χ0) is 30.1. The summed E-state index contributed by atoms with van der Waals surface area (Å²) in [5.41, 5.74) is 4.62. The van der Waals surface area contributed by atoms with E-state index in [4.69, 9.17) is 19.9 Å². The molecule has 2 N–H and O–H groups in total. The van der Waals surface area contributed by atoms with Gasteiger partial charge in [-0.25, -0.2) is 4.98 Å². The number of hydrogen-bond donors (Lipinski definition) is 2. The summed E-state index contributed by atoms with van der Waals surface area (Å²) in [4.78, 5) is 44.7. The molecular weight excluding hydrogens is 602 g/mol. The summed E-state index contributed by atoms with van der Waals surface area (Å²) < 4.78 is 12.7. The molecule has 3 aromatic rings. The Morgan fingerprint density at radius 1 is 1.10 bits per heavy atom. The predicted molar refractivity (Wildman–Crippen MR) is 167 cm³/mol. The Bertz CT molecular complexity index is 1540. The maximum Gasteiger partial charge on any atom is 0.306 e. The zero-order valence-corrected chi connectivity index (χ0v) is 27.1. The number of hydrogen-bond acceptors (Lipinski definition) is 7. The first-order valence-corrected chi connectivity index (χ1v) is 13.9. The molecule has 11 heteroatoms. The van der Waals surface area contributed by atoms with Crippen molar-refractivity contribution in [3.05, 3.63) is 57.9 Å². The zero-order valence-electron chi connectivity index (χ0n) is 25.3. The van der Waals surface area contributed by atoms with Gasteiger partial charge in [-0.05, 0) is 54.7 Å². The monoisotopic (exact) mass is 641 g/mol. The second kappa shape index (κ2) is 13.1. The summed E-state index contributed by atoms with van der Waals surface area (Å²) in [6.45, 7) is 11.0. The lowest BCUT2D eigenvalue weighted by Gasteiger charge is -2.22. The summed E-state index contributed by atoms with van der Waals surface area (Å²) in [7, 11) is 3.44. The van der Waals surface area contributed by atoms with Crippen molar-refractivity contribution in [2.75, 3.05) is 26.8 Å². The van der Waals surface area contributed by atoms with Crippen LogP contribution in [0.4, 0.5) is 0 Å². The standard InChI is InChI=1S/C31H39N5O5.BrH/c1-8-40-25-14-19-16-36(29(32)20(19)15-21(25)30(39)33-6)17-24(37)18-12-22(31(3,4)5)28-23(13-18)35(7)26(34-28)10-11-27(38)41-9-2;/h12-15,32H,8-11,16-17H2,1-7H3,(H,33,39);1H. The molecule has 2 aromatic carbocycles. The second-order valence-electron chi connectivity index (χ2n) is 11.2. The highest BCUT2D eigenvalue weighted by atomic mass is 79.9. The van der Waals surface area contributed by atoms with Gasteiger partial charge in [0.25, 0.3) is 5.91 Å². The van der Waals surface area contributed by atoms with E-state index in [0.29, 0.717) is 48.6 Å². The quantitative estimate of drug-likeness (QED) is 0.242. The van der Waals surface area contributed by atoms with Crippen LogP contribution in [0.3, 0.4) is 0 Å². The molecule has 0 saturated heterocycles. The Labute approximate surface area is 257 Å². The van der Waals surface area contributed by atoms with Crippen LogP contribution in [0.5, 0.6) is 5.75 Å². The smallest absolute Gasteiger partial charge is 0.306 e. The fourth-order valence-corrected chi connectivity index (χ4v) is 5.15. The lowest BCUT2D eigenvalue weighted by molar-refractivity contribution is -0.143. The SMILES string of the molecule is Br.CCOC(=O)CCc1nc2c(C(C)(C)C)cc(C(=O)CN3Cc4cc(OCC)c(C(=O)NC)cc4C3=N)cc2n1C. The van der Waals surface area contributed by atoms with Crippen molar-refractivity contribution >= 4 is 51.5 Å². The van der Waals surface area contributed by atoms with E-state index in [1.165, 1.54) is 0 Å². The van der Waals surface area contributed by atoms with Crippen molar-refractivity contribution in [1.29, 1.82) is 5.41 Å². The number of Topliss-reactive ketones (excluding diaryl/α,β-unsaturated/α-hetero) is 1. The normalized spacial score (nSPS) is 12.6. The number of ketones is 1. The summed E-state index contributed by atoms with van der Waals surface area (Å²) in [6, 6.07) is 7.21. The summed E-state index contributed by atoms with van der Waals surface area (Å²) >= 11 is 0. The number of ether oxygens (including phenoxy) is 2. The van der Waals surface area contributed by atoms with Crippen molar-refractivity contribution < 1.29 is 23.9 Å². The molecule has 0 atom stereocenters. The first-order chi connectivity index (χ1) is 19.4. The lowest BCUT2D eigenvalue weighted by atomic mass is 9.84. The number of carbonyl (C=O) groups excluding carboxylic acids is 3. The van der Waals surface area contributed by atoms with Gasteiger partial charge in [-0.1, -0.05) is 20.8 Å². The van der Waals surface area contributed by atoms with Crippen LogP contribution in [0, 0.1) is 5.41 Å². The topological polar surface area (TPSA) is 127 Å². The van der Waals surface area contributed by atoms with Crippen molar-refractivity contribution in [2.24, 2.45) is 7.05 Å². The summed E-state index contributed by atoms with van der Waals surface area (Å²) in [5, 5.41) is 11.4. The Morgan fingerprint density at radius 2 is 1.81 bits per heavy atom. The third kappa shape index (κ3) is 6.51. The highest BCUT2D eigenvalue weighted by Gasteiger charge is 2.30. The molecule has 0 bridgehead atoms. The number of aryl methyl sites for hydroxylation is 2. The Hall–Kier alpha value is -3.73. The largest absolute Gasteiger partial charge is 0.493 e. The van der Waals surface area contributed by atoms with Crippen LogP contribution >= 0.6 is 17.0 Å². The van der Waals surface area contributed by atoms with E-state index >= 15 is 0 Å². The number of benzene rings is 2. The van der Waals surface area contributed by atoms with Crippen LogP contribution in [0.2, 0.25) is 0 Å². The predicted octanol–water partition coefficient (Wildman–Crippen LogP) is 4.73. The molecule has 2 heterocycles. The van der Waals surface area contributed by atoms with E-state index in [-0.39, 0.29) is 58.9 Å². The van der Waals surface area contributed by atoms with Gasteiger partial charge >= 0.3 is 5.97 Å². The molecule has 0 spiro atoms. The molecule has 42 heavy (non-hydrogen) atoms. The minimum absolute atomic E-state index is 0. The van der Waals surface area contributed by atoms with E-state index in [2.05, 4.69) is 26.1 Å². The van der Waals surface area contributed by atoms with Gasteiger partial charge in [0, 0.05) is 38.2 Å². The Morgan fingerprint density at radius 3 is 2.43 bits per heavy atom. The van der Waals surface area contributed by atoms with Crippen molar-refractivity contribution in [3.8, 4) is 5.75 Å². The van der Waals surface area contributed by atoms with E-state index in [1.807, 2.05) is 30.7 Å². The van der Waals surface area contributed by atoms with Crippen LogP contribution in [-0.2, 0) is 35.0 Å². The van der Waals surface area contributed by atoms with Gasteiger partial charge in [0.1, 0.15) is 17.4 Å². The number of fused-ring (bicyclic) bond motifs is 2. The first-order valence-electron chi connectivity index (χ1n) is 13.9. The molecule has 1 amide bonds. The fraction of sp³-hybridized carbons (Fsp3) is 0.452. The van der Waals surface area contributed by atoms with Gasteiger partial charge < -0.3 is 24.3 Å². The second-order valence-corrected chi connectivity index (χ2v) is 11.2. The molecule has 0 unspecified atom stereocenters. The van der Waals surface area contributed by atoms with Crippen LogP contribution < -0.4 is 10.1 Å². The third-order valence-corrected chi connectivity index (χ3v) is 7.31. The number of amidine groups is 1. The number of esters is 1. The molecule has 4 rings (SSSR count). The summed E-state index contributed by atoms with van der Waals surface area (Å²) in [5.74, 6) is 0.718. The molecule has 1 aliphatic rings. The molecule has 0 aliphatic carbocycles. The lowest BCUT2D eigenvalue weighted by Crippen LogP contribution is -2.30. The Kier molecular flexibility index (Phi) is 10.2. The van der Waals surface area contributed by atoms with Gasteiger partial charge in [0.2, 0.25) is 0 Å². The van der Waals surface area contributed by atoms with Crippen molar-refractivity contribution in [2.45, 2.75) is 59.4 Å². The number of rotatable bonds is 10. The number of halogens is 1. The average Bonchev–Trinajstić information content (AvgIpc) is 3.40. The molecule has 0 fully saturated rings. The minimum atomic E-state index is -0.292. The van der Waals surface area contributed by atoms with E-state index in [1.54, 1.807) is 31.0 Å². The molecule has 226 valence electrons. The summed E-state index contributed by atoms with van der Waals surface area (Å²) in [6.07, 6.45) is 0.660. The van der Waals surface area contributed by atoms with Gasteiger partial charge in [0.05, 0.1) is 42.8 Å². The highest BCUT2D eigenvalue weighted by molar-refractivity contribution is 8.93. The van der Waals surface area contributed by atoms with Crippen molar-refractivity contribution in [3.63, 3.8) is 0 Å². The van der Waals surface area contributed by atoms with Gasteiger partial charge in [-0.15, -0.1) is 17.0 Å². The number of aromatic nitrogens is 2. The van der Waals surface area contributed by atoms with Crippen LogP contribution in [-0.4, -0.2) is 64.8 Å². The van der Waals surface area contributed by atoms with E-state index in [9.17, 15) is 14.4 Å². The van der Waals surface area contributed by atoms with Crippen molar-refractivity contribution in [1.82, 2.24) is 19.8 Å². The van der Waals surface area contributed by atoms with Crippen LogP contribution in [0.1, 0.15) is 84.3 Å². The molecule has 1 aromatic heterocycles. The van der Waals surface area contributed by atoms with E-state index < -0.39 is 0 Å². The molecule has 0 radical (unpaired) electrons. The number of nitrogens with zero attached hydrogens (tertiary/aromatic N) is 3. The number of nitrogens with one attached hydrogen (secondary N) is 2. The van der Waals surface area contributed by atoms with Gasteiger partial charge in [0.15, 0.2) is 5.78 Å². The molecule has 0 saturated carbocycles. The van der Waals surface area contributed by atoms with E-state index in [0.717, 1.165) is 28.0 Å². The Balaban J connectivity index is 0.00000484. The number of carbonyl (C=O) groups is 3. The fourth-order valence-electron chi connectivity index (χ4n) is 5.15. The first kappa shape index (κ1) is 32.8. The maximum atomic E-state index is 13.7. The minimum Gasteiger partial charge on any atom is -0.493 e. The average molecular weight is 643 g/mol. The molecule has 10 nitrogen and oxygen atoms in total. The molecule has 1 aliphatic heterocycles. The maximum absolute atomic E-state index is 13.7. The van der Waals surface area contributed by atoms with Gasteiger partial charge in [-0.3, -0.25) is 19.8 Å².